The molecule has 0 aliphatic carbocycles. The van der Waals surface area contributed by atoms with Gasteiger partial charge in [0.1, 0.15) is 0 Å². The fraction of sp³-hybridized carbons (Fsp3) is 0.571. The van der Waals surface area contributed by atoms with Crippen LogP contribution in [0.15, 0.2) is 30.3 Å². The standard InChI is InChI=1S/C14H22N2/c1-11(2)13-9-15-10-14(16(13)3)12-7-5-4-6-8-12/h4-8,11,13-15H,9-10H2,1-3H3. The average Bonchev–Trinajstić information content (AvgIpc) is 2.30. The molecule has 0 bridgehead atoms. The van der Waals surface area contributed by atoms with Gasteiger partial charge in [0, 0.05) is 25.2 Å². The third kappa shape index (κ3) is 2.28. The maximum Gasteiger partial charge on any atom is 0.0473 e. The van der Waals surface area contributed by atoms with Gasteiger partial charge in [-0.05, 0) is 18.5 Å². The molecule has 0 aromatic heterocycles. The molecule has 0 spiro atoms. The van der Waals surface area contributed by atoms with Gasteiger partial charge in [-0.1, -0.05) is 44.2 Å². The monoisotopic (exact) mass is 218 g/mol. The van der Waals surface area contributed by atoms with Gasteiger partial charge >= 0.3 is 0 Å². The lowest BCUT2D eigenvalue weighted by Gasteiger charge is -2.42. The van der Waals surface area contributed by atoms with E-state index in [4.69, 9.17) is 0 Å². The summed E-state index contributed by atoms with van der Waals surface area (Å²) in [5, 5.41) is 3.55. The zero-order chi connectivity index (χ0) is 11.5. The lowest BCUT2D eigenvalue weighted by molar-refractivity contribution is 0.0978. The molecule has 2 rings (SSSR count). The molecule has 16 heavy (non-hydrogen) atoms. The van der Waals surface area contributed by atoms with Crippen molar-refractivity contribution in [2.45, 2.75) is 25.9 Å². The van der Waals surface area contributed by atoms with Gasteiger partial charge in [0.15, 0.2) is 0 Å². The van der Waals surface area contributed by atoms with E-state index < -0.39 is 0 Å². The maximum absolute atomic E-state index is 3.55. The number of hydrogen-bond acceptors (Lipinski definition) is 2. The molecule has 1 aromatic rings. The van der Waals surface area contributed by atoms with Crippen LogP contribution in [0.5, 0.6) is 0 Å². The molecule has 0 radical (unpaired) electrons. The van der Waals surface area contributed by atoms with Crippen LogP contribution in [-0.4, -0.2) is 31.1 Å². The van der Waals surface area contributed by atoms with Crippen molar-refractivity contribution in [2.24, 2.45) is 5.92 Å². The molecule has 88 valence electrons. The second-order valence-electron chi connectivity index (χ2n) is 5.06. The van der Waals surface area contributed by atoms with Crippen molar-refractivity contribution in [1.29, 1.82) is 0 Å². The van der Waals surface area contributed by atoms with E-state index >= 15 is 0 Å². The van der Waals surface area contributed by atoms with Crippen molar-refractivity contribution >= 4 is 0 Å². The molecule has 1 heterocycles. The minimum absolute atomic E-state index is 0.516. The summed E-state index contributed by atoms with van der Waals surface area (Å²) in [4.78, 5) is 2.52. The Kier molecular flexibility index (Phi) is 3.62. The molecule has 2 heteroatoms. The molecule has 1 aliphatic heterocycles. The van der Waals surface area contributed by atoms with E-state index in [9.17, 15) is 0 Å². The fourth-order valence-electron chi connectivity index (χ4n) is 2.62. The zero-order valence-electron chi connectivity index (χ0n) is 10.5. The van der Waals surface area contributed by atoms with Crippen LogP contribution in [0.3, 0.4) is 0 Å². The minimum Gasteiger partial charge on any atom is -0.313 e. The molecule has 2 unspecified atom stereocenters. The van der Waals surface area contributed by atoms with Crippen molar-refractivity contribution in [3.63, 3.8) is 0 Å². The van der Waals surface area contributed by atoms with E-state index in [1.54, 1.807) is 0 Å². The SMILES string of the molecule is CC(C)C1CNCC(c2ccccc2)N1C. The van der Waals surface area contributed by atoms with Gasteiger partial charge in [-0.25, -0.2) is 0 Å². The van der Waals surface area contributed by atoms with Crippen LogP contribution in [0.2, 0.25) is 0 Å². The Hall–Kier alpha value is -0.860. The smallest absolute Gasteiger partial charge is 0.0473 e. The first-order valence-corrected chi connectivity index (χ1v) is 6.17. The lowest BCUT2D eigenvalue weighted by Crippen LogP contribution is -2.53. The average molecular weight is 218 g/mol. The van der Waals surface area contributed by atoms with Crippen molar-refractivity contribution < 1.29 is 0 Å². The van der Waals surface area contributed by atoms with Crippen LogP contribution in [0.4, 0.5) is 0 Å². The molecular weight excluding hydrogens is 196 g/mol. The Labute approximate surface area is 98.7 Å². The summed E-state index contributed by atoms with van der Waals surface area (Å²) in [5.41, 5.74) is 1.42. The summed E-state index contributed by atoms with van der Waals surface area (Å²) in [6.45, 7) is 6.77. The van der Waals surface area contributed by atoms with Gasteiger partial charge in [0.2, 0.25) is 0 Å². The molecule has 0 saturated carbocycles. The summed E-state index contributed by atoms with van der Waals surface area (Å²) < 4.78 is 0. The summed E-state index contributed by atoms with van der Waals surface area (Å²) in [5.74, 6) is 0.698. The summed E-state index contributed by atoms with van der Waals surface area (Å²) in [7, 11) is 2.25. The molecule has 1 fully saturated rings. The van der Waals surface area contributed by atoms with Crippen LogP contribution in [0.1, 0.15) is 25.5 Å². The Morgan fingerprint density at radius 2 is 1.88 bits per heavy atom. The van der Waals surface area contributed by atoms with Gasteiger partial charge < -0.3 is 5.32 Å². The normalized spacial score (nSPS) is 27.2. The number of benzene rings is 1. The largest absolute Gasteiger partial charge is 0.313 e. The van der Waals surface area contributed by atoms with E-state index in [0.717, 1.165) is 13.1 Å². The lowest BCUT2D eigenvalue weighted by atomic mass is 9.95. The molecule has 1 aromatic carbocycles. The van der Waals surface area contributed by atoms with Gasteiger partial charge in [-0.2, -0.15) is 0 Å². The summed E-state index contributed by atoms with van der Waals surface area (Å²) in [6.07, 6.45) is 0. The topological polar surface area (TPSA) is 15.3 Å². The highest BCUT2D eigenvalue weighted by Gasteiger charge is 2.29. The summed E-state index contributed by atoms with van der Waals surface area (Å²) in [6, 6.07) is 11.9. The Balaban J connectivity index is 2.16. The van der Waals surface area contributed by atoms with Gasteiger partial charge in [-0.15, -0.1) is 0 Å². The highest BCUT2D eigenvalue weighted by molar-refractivity contribution is 5.20. The van der Waals surface area contributed by atoms with Crippen molar-refractivity contribution in [2.75, 3.05) is 20.1 Å². The first kappa shape index (κ1) is 11.6. The molecular formula is C14H22N2. The Morgan fingerprint density at radius 3 is 2.50 bits per heavy atom. The van der Waals surface area contributed by atoms with E-state index in [1.165, 1.54) is 5.56 Å². The highest BCUT2D eigenvalue weighted by atomic mass is 15.2. The zero-order valence-corrected chi connectivity index (χ0v) is 10.5. The summed E-state index contributed by atoms with van der Waals surface area (Å²) >= 11 is 0. The van der Waals surface area contributed by atoms with Crippen molar-refractivity contribution in [1.82, 2.24) is 10.2 Å². The van der Waals surface area contributed by atoms with Gasteiger partial charge in [0.05, 0.1) is 0 Å². The minimum atomic E-state index is 0.516. The molecule has 2 atom stereocenters. The van der Waals surface area contributed by atoms with Crippen LogP contribution in [0.25, 0.3) is 0 Å². The highest BCUT2D eigenvalue weighted by Crippen LogP contribution is 2.26. The van der Waals surface area contributed by atoms with Crippen LogP contribution in [0, 0.1) is 5.92 Å². The van der Waals surface area contributed by atoms with E-state index in [1.807, 2.05) is 0 Å². The first-order valence-electron chi connectivity index (χ1n) is 6.17. The maximum atomic E-state index is 3.55. The Morgan fingerprint density at radius 1 is 1.19 bits per heavy atom. The number of likely N-dealkylation sites (N-methyl/N-ethyl adjacent to an activating group) is 1. The van der Waals surface area contributed by atoms with Crippen molar-refractivity contribution in [3.8, 4) is 0 Å². The number of hydrogen-bond donors (Lipinski definition) is 1. The molecule has 1 saturated heterocycles. The Bertz CT molecular complexity index is 321. The van der Waals surface area contributed by atoms with Crippen LogP contribution < -0.4 is 5.32 Å². The van der Waals surface area contributed by atoms with Crippen LogP contribution in [-0.2, 0) is 0 Å². The second kappa shape index (κ2) is 4.98. The number of nitrogens with one attached hydrogen (secondary N) is 1. The van der Waals surface area contributed by atoms with E-state index in [2.05, 4.69) is 61.4 Å². The molecule has 0 amide bonds. The number of rotatable bonds is 2. The van der Waals surface area contributed by atoms with Crippen molar-refractivity contribution in [3.05, 3.63) is 35.9 Å². The van der Waals surface area contributed by atoms with E-state index in [0.29, 0.717) is 18.0 Å². The molecule has 2 nitrogen and oxygen atoms in total. The van der Waals surface area contributed by atoms with Gasteiger partial charge in [0.25, 0.3) is 0 Å². The third-order valence-corrected chi connectivity index (χ3v) is 3.66. The predicted molar refractivity (Wildman–Crippen MR) is 68.4 cm³/mol. The fourth-order valence-corrected chi connectivity index (χ4v) is 2.62. The van der Waals surface area contributed by atoms with Gasteiger partial charge in [-0.3, -0.25) is 4.90 Å². The molecule has 1 aliphatic rings. The molecule has 1 N–H and O–H groups in total. The first-order chi connectivity index (χ1) is 7.70. The van der Waals surface area contributed by atoms with E-state index in [-0.39, 0.29) is 0 Å². The number of nitrogens with zero attached hydrogens (tertiary/aromatic N) is 1. The quantitative estimate of drug-likeness (QED) is 0.819. The predicted octanol–water partition coefficient (Wildman–Crippen LogP) is 2.29. The van der Waals surface area contributed by atoms with Crippen LogP contribution >= 0.6 is 0 Å². The third-order valence-electron chi connectivity index (χ3n) is 3.66. The second-order valence-corrected chi connectivity index (χ2v) is 5.06. The number of piperazine rings is 1.